The quantitative estimate of drug-likeness (QED) is 0.605. The molecule has 0 radical (unpaired) electrons. The molecule has 0 aromatic carbocycles. The van der Waals surface area contributed by atoms with E-state index >= 15 is 0 Å². The molecule has 0 aromatic rings. The molecule has 5 atom stereocenters. The van der Waals surface area contributed by atoms with Crippen LogP contribution >= 0.6 is 0 Å². The molecule has 3 aliphatic rings. The van der Waals surface area contributed by atoms with Crippen molar-refractivity contribution in [3.63, 3.8) is 0 Å². The predicted octanol–water partition coefficient (Wildman–Crippen LogP) is 1.29. The van der Waals surface area contributed by atoms with E-state index in [0.717, 1.165) is 12.8 Å². The lowest BCUT2D eigenvalue weighted by Gasteiger charge is -2.27. The van der Waals surface area contributed by atoms with Gasteiger partial charge in [-0.2, -0.15) is 5.11 Å². The predicted molar refractivity (Wildman–Crippen MR) is 58.7 cm³/mol. The average Bonchev–Trinajstić information content (AvgIpc) is 2.93. The second-order valence-electron chi connectivity index (χ2n) is 5.94. The third-order valence-electron chi connectivity index (χ3n) is 4.44. The summed E-state index contributed by atoms with van der Waals surface area (Å²) in [6.45, 7) is 3.08. The number of ether oxygens (including phenoxy) is 2. The van der Waals surface area contributed by atoms with Crippen molar-refractivity contribution in [2.24, 2.45) is 22.9 Å². The number of fused-ring (bicyclic) bond motifs is 1. The second-order valence-corrected chi connectivity index (χ2v) is 5.94. The van der Waals surface area contributed by atoms with E-state index in [0.29, 0.717) is 0 Å². The molecule has 1 heterocycles. The van der Waals surface area contributed by atoms with Crippen LogP contribution in [-0.4, -0.2) is 29.7 Å². The van der Waals surface area contributed by atoms with E-state index in [4.69, 9.17) is 15.0 Å². The summed E-state index contributed by atoms with van der Waals surface area (Å²) < 4.78 is 10.8. The number of hydrogen-bond acceptors (Lipinski definition) is 6. The summed E-state index contributed by atoms with van der Waals surface area (Å²) in [5, 5.41) is 3.27. The highest BCUT2D eigenvalue weighted by Crippen LogP contribution is 2.55. The molecule has 6 heteroatoms. The lowest BCUT2D eigenvalue weighted by molar-refractivity contribution is -0.166. The highest BCUT2D eigenvalue weighted by molar-refractivity contribution is 5.81. The zero-order valence-corrected chi connectivity index (χ0v) is 10.4. The minimum atomic E-state index is -1.16. The van der Waals surface area contributed by atoms with Gasteiger partial charge in [0.1, 0.15) is 12.2 Å². The first-order valence-electron chi connectivity index (χ1n) is 6.24. The molecule has 2 aliphatic carbocycles. The summed E-state index contributed by atoms with van der Waals surface area (Å²) >= 11 is 0. The average molecular weight is 252 g/mol. The molecule has 0 aromatic heterocycles. The van der Waals surface area contributed by atoms with Crippen LogP contribution in [0.15, 0.2) is 5.11 Å². The fourth-order valence-corrected chi connectivity index (χ4v) is 3.38. The Morgan fingerprint density at radius 1 is 1.50 bits per heavy atom. The van der Waals surface area contributed by atoms with E-state index in [2.05, 4.69) is 5.11 Å². The van der Waals surface area contributed by atoms with Crippen LogP contribution in [0.3, 0.4) is 0 Å². The molecule has 1 N–H and O–H groups in total. The van der Waals surface area contributed by atoms with Crippen molar-refractivity contribution in [3.8, 4) is 0 Å². The van der Waals surface area contributed by atoms with E-state index < -0.39 is 11.5 Å². The number of rotatable bonds is 3. The summed E-state index contributed by atoms with van der Waals surface area (Å²) in [6, 6.07) is 0. The molecule has 6 nitrogen and oxygen atoms in total. The van der Waals surface area contributed by atoms with Crippen LogP contribution in [0.1, 0.15) is 26.7 Å². The molecule has 98 valence electrons. The Morgan fingerprint density at radius 2 is 2.22 bits per heavy atom. The Morgan fingerprint density at radius 3 is 2.89 bits per heavy atom. The van der Waals surface area contributed by atoms with Crippen molar-refractivity contribution in [1.29, 1.82) is 5.53 Å². The van der Waals surface area contributed by atoms with E-state index in [1.807, 2.05) is 0 Å². The molecular weight excluding hydrogens is 236 g/mol. The van der Waals surface area contributed by atoms with Crippen molar-refractivity contribution in [2.75, 3.05) is 0 Å². The number of hydrogen-bond donors (Lipinski definition) is 1. The maximum absolute atomic E-state index is 11.9. The van der Waals surface area contributed by atoms with Gasteiger partial charge >= 0.3 is 11.9 Å². The molecule has 5 unspecified atom stereocenters. The normalized spacial score (nSPS) is 40.8. The van der Waals surface area contributed by atoms with Crippen LogP contribution in [0.25, 0.3) is 0 Å². The van der Waals surface area contributed by atoms with Gasteiger partial charge in [-0.3, -0.25) is 4.79 Å². The van der Waals surface area contributed by atoms with Gasteiger partial charge in [-0.05, 0) is 26.7 Å². The molecule has 1 aliphatic heterocycles. The summed E-state index contributed by atoms with van der Waals surface area (Å²) in [4.78, 5) is 23.5. The lowest BCUT2D eigenvalue weighted by Crippen LogP contribution is -2.41. The first-order chi connectivity index (χ1) is 8.44. The molecule has 3 fully saturated rings. The molecule has 0 amide bonds. The maximum atomic E-state index is 11.9. The van der Waals surface area contributed by atoms with Gasteiger partial charge < -0.3 is 9.47 Å². The highest BCUT2D eigenvalue weighted by atomic mass is 16.6. The second kappa shape index (κ2) is 3.52. The van der Waals surface area contributed by atoms with Crippen LogP contribution in [0, 0.1) is 23.3 Å². The van der Waals surface area contributed by atoms with Crippen LogP contribution in [0.5, 0.6) is 0 Å². The standard InChI is InChI=1S/C12H16N2O4/c1-12(2,14-13)11(16)18-8-5-3-6-7(4-5)10(15)17-9(6)8/h5-9,13H,3-4H2,1-2H3. The molecule has 3 rings (SSSR count). The van der Waals surface area contributed by atoms with Gasteiger partial charge in [-0.1, -0.05) is 0 Å². The van der Waals surface area contributed by atoms with E-state index in [-0.39, 0.29) is 35.9 Å². The summed E-state index contributed by atoms with van der Waals surface area (Å²) in [6.07, 6.45) is 1.05. The van der Waals surface area contributed by atoms with E-state index in [1.54, 1.807) is 13.8 Å². The number of esters is 2. The summed E-state index contributed by atoms with van der Waals surface area (Å²) in [5.74, 6) is -0.202. The van der Waals surface area contributed by atoms with Crippen molar-refractivity contribution in [2.45, 2.75) is 44.4 Å². The van der Waals surface area contributed by atoms with Crippen molar-refractivity contribution in [3.05, 3.63) is 0 Å². The third-order valence-corrected chi connectivity index (χ3v) is 4.44. The monoisotopic (exact) mass is 252 g/mol. The molecule has 18 heavy (non-hydrogen) atoms. The minimum absolute atomic E-state index is 0.0174. The topological polar surface area (TPSA) is 88.8 Å². The van der Waals surface area contributed by atoms with Crippen LogP contribution in [-0.2, 0) is 19.1 Å². The number of nitrogens with one attached hydrogen (secondary N) is 1. The van der Waals surface area contributed by atoms with Gasteiger partial charge in [0, 0.05) is 11.8 Å². The molecule has 2 bridgehead atoms. The number of carbonyl (C=O) groups excluding carboxylic acids is 2. The molecule has 2 saturated carbocycles. The first-order valence-corrected chi connectivity index (χ1v) is 6.24. The van der Waals surface area contributed by atoms with Gasteiger partial charge in [0.2, 0.25) is 0 Å². The van der Waals surface area contributed by atoms with Gasteiger partial charge in [-0.25, -0.2) is 10.3 Å². The number of carbonyl (C=O) groups is 2. The zero-order chi connectivity index (χ0) is 13.1. The Bertz CT molecular complexity index is 434. The van der Waals surface area contributed by atoms with Crippen LogP contribution in [0.4, 0.5) is 0 Å². The van der Waals surface area contributed by atoms with E-state index in [9.17, 15) is 9.59 Å². The SMILES string of the molecule is CC(C)(N=N)C(=O)OC1C2CC3C(=O)OC1C3C2. The lowest BCUT2D eigenvalue weighted by atomic mass is 9.88. The van der Waals surface area contributed by atoms with Crippen molar-refractivity contribution in [1.82, 2.24) is 0 Å². The summed E-state index contributed by atoms with van der Waals surface area (Å²) in [5.41, 5.74) is 5.83. The Kier molecular flexibility index (Phi) is 2.27. The van der Waals surface area contributed by atoms with Gasteiger partial charge in [-0.15, -0.1) is 0 Å². The largest absolute Gasteiger partial charge is 0.458 e. The smallest absolute Gasteiger partial charge is 0.335 e. The van der Waals surface area contributed by atoms with Crippen molar-refractivity contribution < 1.29 is 19.1 Å². The van der Waals surface area contributed by atoms with Crippen LogP contribution < -0.4 is 0 Å². The molecular formula is C12H16N2O4. The fourth-order valence-electron chi connectivity index (χ4n) is 3.38. The minimum Gasteiger partial charge on any atom is -0.458 e. The van der Waals surface area contributed by atoms with Gasteiger partial charge in [0.15, 0.2) is 5.54 Å². The Labute approximate surface area is 105 Å². The third kappa shape index (κ3) is 1.41. The van der Waals surface area contributed by atoms with Crippen molar-refractivity contribution >= 4 is 11.9 Å². The summed E-state index contributed by atoms with van der Waals surface area (Å²) in [7, 11) is 0. The zero-order valence-electron chi connectivity index (χ0n) is 10.4. The van der Waals surface area contributed by atoms with Crippen LogP contribution in [0.2, 0.25) is 0 Å². The Hall–Kier alpha value is -1.46. The number of nitrogens with zero attached hydrogens (tertiary/aromatic N) is 1. The van der Waals surface area contributed by atoms with Gasteiger partial charge in [0.25, 0.3) is 0 Å². The van der Waals surface area contributed by atoms with E-state index in [1.165, 1.54) is 0 Å². The maximum Gasteiger partial charge on any atom is 0.335 e. The Balaban J connectivity index is 1.74. The fraction of sp³-hybridized carbons (Fsp3) is 0.833. The molecule has 0 spiro atoms. The van der Waals surface area contributed by atoms with Gasteiger partial charge in [0.05, 0.1) is 5.92 Å². The highest BCUT2D eigenvalue weighted by Gasteiger charge is 2.63. The first kappa shape index (κ1) is 11.6. The molecule has 1 saturated heterocycles.